The van der Waals surface area contributed by atoms with E-state index in [1.54, 1.807) is 24.3 Å². The molecule has 0 aromatic heterocycles. The maximum atomic E-state index is 13.3. The van der Waals surface area contributed by atoms with Crippen LogP contribution in [0, 0.1) is 0 Å². The Morgan fingerprint density at radius 1 is 1.03 bits per heavy atom. The number of rotatable bonds is 10. The van der Waals surface area contributed by atoms with E-state index in [0.717, 1.165) is 14.3 Å². The van der Waals surface area contributed by atoms with Crippen LogP contribution in [0.3, 0.4) is 0 Å². The third-order valence-electron chi connectivity index (χ3n) is 4.58. The van der Waals surface area contributed by atoms with Crippen LogP contribution in [0.4, 0.5) is 0 Å². The predicted octanol–water partition coefficient (Wildman–Crippen LogP) is 4.19. The minimum atomic E-state index is -3.92. The van der Waals surface area contributed by atoms with Crippen LogP contribution in [-0.4, -0.2) is 38.0 Å². The zero-order valence-corrected chi connectivity index (χ0v) is 20.4. The van der Waals surface area contributed by atoms with Gasteiger partial charge >= 0.3 is 0 Å². The van der Waals surface area contributed by atoms with Crippen LogP contribution >= 0.6 is 15.9 Å². The number of nitrogens with zero attached hydrogens (tertiary/aromatic N) is 2. The second-order valence-electron chi connectivity index (χ2n) is 6.98. The van der Waals surface area contributed by atoms with Gasteiger partial charge in [0.1, 0.15) is 5.75 Å². The lowest BCUT2D eigenvalue weighted by Gasteiger charge is -2.21. The number of hydrogen-bond acceptors (Lipinski definition) is 5. The number of sulfonamides is 1. The van der Waals surface area contributed by atoms with Gasteiger partial charge in [-0.25, -0.2) is 13.8 Å². The molecule has 3 aromatic rings. The molecule has 0 spiro atoms. The standard InChI is InChI=1S/C24H24BrN3O4S/c1-2-32-23-11-7-6-10-20(23)16-26-27-24(29)18-28(17-19-8-4-3-5-9-19)33(30,31)22-14-12-21(25)13-15-22/h3-16H,2,17-18H2,1H3,(H,27,29). The molecule has 0 saturated carbocycles. The average Bonchev–Trinajstić information content (AvgIpc) is 2.81. The Bertz CT molecular complexity index is 1200. The molecular weight excluding hydrogens is 506 g/mol. The fraction of sp³-hybridized carbons (Fsp3) is 0.167. The second-order valence-corrected chi connectivity index (χ2v) is 9.83. The Balaban J connectivity index is 1.77. The quantitative estimate of drug-likeness (QED) is 0.315. The van der Waals surface area contributed by atoms with Crippen molar-refractivity contribution in [1.82, 2.24) is 9.73 Å². The van der Waals surface area contributed by atoms with Gasteiger partial charge in [0.15, 0.2) is 0 Å². The number of para-hydroxylation sites is 1. The molecule has 0 aliphatic heterocycles. The van der Waals surface area contributed by atoms with Gasteiger partial charge in [-0.1, -0.05) is 58.4 Å². The van der Waals surface area contributed by atoms with Crippen molar-refractivity contribution in [3.8, 4) is 5.75 Å². The predicted molar refractivity (Wildman–Crippen MR) is 132 cm³/mol. The molecular formula is C24H24BrN3O4S. The Kier molecular flexibility index (Phi) is 8.76. The lowest BCUT2D eigenvalue weighted by Crippen LogP contribution is -2.39. The summed E-state index contributed by atoms with van der Waals surface area (Å²) in [5.74, 6) is 0.0817. The van der Waals surface area contributed by atoms with Gasteiger partial charge in [-0.05, 0) is 48.9 Å². The minimum Gasteiger partial charge on any atom is -0.493 e. The number of carbonyl (C=O) groups excluding carboxylic acids is 1. The highest BCUT2D eigenvalue weighted by atomic mass is 79.9. The first-order valence-corrected chi connectivity index (χ1v) is 12.5. The highest BCUT2D eigenvalue weighted by Crippen LogP contribution is 2.21. The lowest BCUT2D eigenvalue weighted by atomic mass is 10.2. The molecule has 172 valence electrons. The summed E-state index contributed by atoms with van der Waals surface area (Å²) >= 11 is 3.31. The van der Waals surface area contributed by atoms with E-state index < -0.39 is 22.5 Å². The first-order chi connectivity index (χ1) is 15.9. The number of halogens is 1. The van der Waals surface area contributed by atoms with Crippen LogP contribution in [0.1, 0.15) is 18.1 Å². The van der Waals surface area contributed by atoms with E-state index in [2.05, 4.69) is 26.5 Å². The molecule has 9 heteroatoms. The molecule has 0 aliphatic rings. The van der Waals surface area contributed by atoms with Crippen LogP contribution in [-0.2, 0) is 21.4 Å². The molecule has 0 aliphatic carbocycles. The number of nitrogens with one attached hydrogen (secondary N) is 1. The first kappa shape index (κ1) is 24.6. The van der Waals surface area contributed by atoms with Gasteiger partial charge in [0.2, 0.25) is 10.0 Å². The molecule has 33 heavy (non-hydrogen) atoms. The van der Waals surface area contributed by atoms with E-state index in [1.165, 1.54) is 18.3 Å². The molecule has 3 aromatic carbocycles. The molecule has 0 unspecified atom stereocenters. The maximum Gasteiger partial charge on any atom is 0.255 e. The van der Waals surface area contributed by atoms with E-state index >= 15 is 0 Å². The molecule has 0 heterocycles. The van der Waals surface area contributed by atoms with E-state index in [-0.39, 0.29) is 11.4 Å². The minimum absolute atomic E-state index is 0.0452. The Labute approximate surface area is 202 Å². The number of amides is 1. The topological polar surface area (TPSA) is 88.1 Å². The summed E-state index contributed by atoms with van der Waals surface area (Å²) < 4.78 is 34.0. The summed E-state index contributed by atoms with van der Waals surface area (Å²) in [6, 6.07) is 22.7. The van der Waals surface area contributed by atoms with Crippen LogP contribution < -0.4 is 10.2 Å². The van der Waals surface area contributed by atoms with E-state index in [4.69, 9.17) is 4.74 Å². The molecule has 0 saturated heterocycles. The average molecular weight is 530 g/mol. The summed E-state index contributed by atoms with van der Waals surface area (Å²) in [7, 11) is -3.92. The van der Waals surface area contributed by atoms with Gasteiger partial charge in [0.25, 0.3) is 5.91 Å². The van der Waals surface area contributed by atoms with Crippen molar-refractivity contribution in [3.05, 3.63) is 94.5 Å². The van der Waals surface area contributed by atoms with Crippen molar-refractivity contribution >= 4 is 38.1 Å². The Hall–Kier alpha value is -3.01. The second kappa shape index (κ2) is 11.7. The van der Waals surface area contributed by atoms with E-state index in [1.807, 2.05) is 49.4 Å². The molecule has 7 nitrogen and oxygen atoms in total. The smallest absolute Gasteiger partial charge is 0.255 e. The van der Waals surface area contributed by atoms with Gasteiger partial charge in [-0.15, -0.1) is 0 Å². The van der Waals surface area contributed by atoms with E-state index in [9.17, 15) is 13.2 Å². The van der Waals surface area contributed by atoms with Crippen LogP contribution in [0.25, 0.3) is 0 Å². The highest BCUT2D eigenvalue weighted by Gasteiger charge is 2.27. The summed E-state index contributed by atoms with van der Waals surface area (Å²) in [6.07, 6.45) is 1.47. The third-order valence-corrected chi connectivity index (χ3v) is 6.92. The summed E-state index contributed by atoms with van der Waals surface area (Å²) in [6.45, 7) is 2.03. The summed E-state index contributed by atoms with van der Waals surface area (Å²) in [5, 5.41) is 3.98. The SMILES string of the molecule is CCOc1ccccc1C=NNC(=O)CN(Cc1ccccc1)S(=O)(=O)c1ccc(Br)cc1. The van der Waals surface area contributed by atoms with Crippen molar-refractivity contribution in [2.75, 3.05) is 13.2 Å². The van der Waals surface area contributed by atoms with Crippen LogP contribution in [0.15, 0.2) is 93.3 Å². The lowest BCUT2D eigenvalue weighted by molar-refractivity contribution is -0.121. The van der Waals surface area contributed by atoms with Crippen molar-refractivity contribution < 1.29 is 17.9 Å². The molecule has 1 amide bonds. The van der Waals surface area contributed by atoms with Gasteiger partial charge in [0.05, 0.1) is 24.3 Å². The van der Waals surface area contributed by atoms with Gasteiger partial charge in [-0.2, -0.15) is 9.41 Å². The van der Waals surface area contributed by atoms with Crippen molar-refractivity contribution in [1.29, 1.82) is 0 Å². The number of hydrogen-bond donors (Lipinski definition) is 1. The van der Waals surface area contributed by atoms with Crippen LogP contribution in [0.2, 0.25) is 0 Å². The zero-order chi connectivity index (χ0) is 23.7. The summed E-state index contributed by atoms with van der Waals surface area (Å²) in [5.41, 5.74) is 3.87. The number of carbonyl (C=O) groups is 1. The first-order valence-electron chi connectivity index (χ1n) is 10.2. The molecule has 0 atom stereocenters. The fourth-order valence-corrected chi connectivity index (χ4v) is 4.66. The highest BCUT2D eigenvalue weighted by molar-refractivity contribution is 9.10. The number of benzene rings is 3. The zero-order valence-electron chi connectivity index (χ0n) is 18.0. The van der Waals surface area contributed by atoms with Gasteiger partial charge in [0, 0.05) is 16.6 Å². The molecule has 0 radical (unpaired) electrons. The largest absolute Gasteiger partial charge is 0.493 e. The van der Waals surface area contributed by atoms with Crippen molar-refractivity contribution in [2.24, 2.45) is 5.10 Å². The van der Waals surface area contributed by atoms with Gasteiger partial charge < -0.3 is 4.74 Å². The number of ether oxygens (including phenoxy) is 1. The fourth-order valence-electron chi connectivity index (χ4n) is 3.01. The molecule has 0 bridgehead atoms. The molecule has 3 rings (SSSR count). The van der Waals surface area contributed by atoms with E-state index in [0.29, 0.717) is 17.9 Å². The summed E-state index contributed by atoms with van der Waals surface area (Å²) in [4.78, 5) is 12.7. The normalized spacial score (nSPS) is 11.6. The van der Waals surface area contributed by atoms with Crippen LogP contribution in [0.5, 0.6) is 5.75 Å². The third kappa shape index (κ3) is 6.98. The number of hydrazone groups is 1. The molecule has 0 fully saturated rings. The van der Waals surface area contributed by atoms with Crippen molar-refractivity contribution in [3.63, 3.8) is 0 Å². The Morgan fingerprint density at radius 3 is 2.39 bits per heavy atom. The van der Waals surface area contributed by atoms with Gasteiger partial charge in [-0.3, -0.25) is 4.79 Å². The molecule has 1 N–H and O–H groups in total. The monoisotopic (exact) mass is 529 g/mol. The van der Waals surface area contributed by atoms with Crippen molar-refractivity contribution in [2.45, 2.75) is 18.4 Å². The maximum absolute atomic E-state index is 13.3. The Morgan fingerprint density at radius 2 is 1.70 bits per heavy atom.